The average Bonchev–Trinajstić information content (AvgIpc) is 2.84. The Hall–Kier alpha value is -0.630. The van der Waals surface area contributed by atoms with Gasteiger partial charge in [-0.25, -0.2) is 0 Å². The van der Waals surface area contributed by atoms with Crippen molar-refractivity contribution in [3.63, 3.8) is 0 Å². The number of aliphatic hydroxyl groups excluding tert-OH is 1. The van der Waals surface area contributed by atoms with E-state index < -0.39 is 0 Å². The van der Waals surface area contributed by atoms with E-state index in [9.17, 15) is 9.90 Å². The van der Waals surface area contributed by atoms with Gasteiger partial charge in [-0.1, -0.05) is 12.5 Å². The Labute approximate surface area is 134 Å². The van der Waals surface area contributed by atoms with Gasteiger partial charge in [0, 0.05) is 6.42 Å². The molecule has 3 saturated carbocycles. The minimum absolute atomic E-state index is 0.155. The number of allylic oxidation sites excluding steroid dienone is 1. The standard InChI is InChI=1S/C20H30O2/c1-12(21)18-7-8-19-17-5-3-13-11-14(22)4-6-15(13)16(17)9-10-20(18,19)2/h11-12,15-19,21H,3-10H2,1-2H3/t12-,15+,16-,17-,18-,19-,20-/m1/s1. The molecule has 1 N–H and O–H groups in total. The van der Waals surface area contributed by atoms with Crippen LogP contribution in [-0.2, 0) is 4.79 Å². The maximum atomic E-state index is 11.7. The van der Waals surface area contributed by atoms with Gasteiger partial charge >= 0.3 is 0 Å². The number of hydrogen-bond donors (Lipinski definition) is 1. The summed E-state index contributed by atoms with van der Waals surface area (Å²) < 4.78 is 0. The molecular weight excluding hydrogens is 272 g/mol. The van der Waals surface area contributed by atoms with Gasteiger partial charge in [-0.15, -0.1) is 0 Å². The van der Waals surface area contributed by atoms with E-state index in [0.29, 0.717) is 23.0 Å². The van der Waals surface area contributed by atoms with Crippen molar-refractivity contribution in [3.8, 4) is 0 Å². The van der Waals surface area contributed by atoms with E-state index in [1.165, 1.54) is 37.7 Å². The summed E-state index contributed by atoms with van der Waals surface area (Å²) in [5.74, 6) is 4.04. The highest BCUT2D eigenvalue weighted by atomic mass is 16.3. The topological polar surface area (TPSA) is 37.3 Å². The van der Waals surface area contributed by atoms with Crippen molar-refractivity contribution in [2.24, 2.45) is 35.0 Å². The number of fused-ring (bicyclic) bond motifs is 5. The summed E-state index contributed by atoms with van der Waals surface area (Å²) in [6, 6.07) is 0. The van der Waals surface area contributed by atoms with Gasteiger partial charge in [0.1, 0.15) is 0 Å². The summed E-state index contributed by atoms with van der Waals surface area (Å²) in [5.41, 5.74) is 1.84. The average molecular weight is 302 g/mol. The summed E-state index contributed by atoms with van der Waals surface area (Å²) in [6.07, 6.45) is 11.3. The molecule has 4 aliphatic carbocycles. The highest BCUT2D eigenvalue weighted by molar-refractivity contribution is 5.91. The second-order valence-corrected chi connectivity index (χ2v) is 8.77. The number of aliphatic hydroxyl groups is 1. The predicted molar refractivity (Wildman–Crippen MR) is 87.3 cm³/mol. The van der Waals surface area contributed by atoms with Gasteiger partial charge in [-0.05, 0) is 93.0 Å². The van der Waals surface area contributed by atoms with Crippen LogP contribution in [0.15, 0.2) is 11.6 Å². The van der Waals surface area contributed by atoms with Crippen molar-refractivity contribution in [1.82, 2.24) is 0 Å². The highest BCUT2D eigenvalue weighted by Crippen LogP contribution is 2.64. The molecular formula is C20H30O2. The van der Waals surface area contributed by atoms with Crippen LogP contribution in [0.25, 0.3) is 0 Å². The van der Waals surface area contributed by atoms with E-state index >= 15 is 0 Å². The minimum Gasteiger partial charge on any atom is -0.393 e. The van der Waals surface area contributed by atoms with Crippen molar-refractivity contribution in [2.75, 3.05) is 0 Å². The second-order valence-electron chi connectivity index (χ2n) is 8.77. The lowest BCUT2D eigenvalue weighted by molar-refractivity contribution is -0.116. The third kappa shape index (κ3) is 2.06. The highest BCUT2D eigenvalue weighted by Gasteiger charge is 2.56. The second kappa shape index (κ2) is 5.19. The number of rotatable bonds is 1. The Morgan fingerprint density at radius 3 is 2.73 bits per heavy atom. The fraction of sp³-hybridized carbons (Fsp3) is 0.850. The molecule has 3 fully saturated rings. The summed E-state index contributed by atoms with van der Waals surface area (Å²) in [7, 11) is 0. The normalized spacial score (nSPS) is 49.0. The minimum atomic E-state index is -0.155. The first-order chi connectivity index (χ1) is 10.5. The van der Waals surface area contributed by atoms with Crippen LogP contribution in [0.2, 0.25) is 0 Å². The summed E-state index contributed by atoms with van der Waals surface area (Å²) in [5, 5.41) is 10.2. The summed E-state index contributed by atoms with van der Waals surface area (Å²) in [6.45, 7) is 4.47. The molecule has 4 rings (SSSR count). The molecule has 0 radical (unpaired) electrons. The van der Waals surface area contributed by atoms with Gasteiger partial charge < -0.3 is 5.11 Å². The van der Waals surface area contributed by atoms with Crippen LogP contribution < -0.4 is 0 Å². The zero-order valence-electron chi connectivity index (χ0n) is 14.1. The Balaban J connectivity index is 1.61. The van der Waals surface area contributed by atoms with Crippen molar-refractivity contribution in [1.29, 1.82) is 0 Å². The first kappa shape index (κ1) is 14.9. The van der Waals surface area contributed by atoms with E-state index in [1.807, 2.05) is 13.0 Å². The molecule has 2 nitrogen and oxygen atoms in total. The molecule has 122 valence electrons. The lowest BCUT2D eigenvalue weighted by Gasteiger charge is -2.54. The van der Waals surface area contributed by atoms with E-state index in [2.05, 4.69) is 6.92 Å². The molecule has 0 aromatic heterocycles. The zero-order valence-corrected chi connectivity index (χ0v) is 14.1. The Bertz CT molecular complexity index is 506. The van der Waals surface area contributed by atoms with Gasteiger partial charge in [-0.2, -0.15) is 0 Å². The van der Waals surface area contributed by atoms with Crippen LogP contribution in [-0.4, -0.2) is 17.0 Å². The summed E-state index contributed by atoms with van der Waals surface area (Å²) in [4.78, 5) is 11.7. The molecule has 0 heterocycles. The fourth-order valence-electron chi connectivity index (χ4n) is 7.01. The molecule has 22 heavy (non-hydrogen) atoms. The molecule has 0 spiro atoms. The number of ketones is 1. The van der Waals surface area contributed by atoms with E-state index in [4.69, 9.17) is 0 Å². The van der Waals surface area contributed by atoms with Gasteiger partial charge in [0.05, 0.1) is 6.10 Å². The van der Waals surface area contributed by atoms with E-state index in [0.717, 1.165) is 37.0 Å². The van der Waals surface area contributed by atoms with Crippen LogP contribution in [0.4, 0.5) is 0 Å². The molecule has 0 amide bonds. The largest absolute Gasteiger partial charge is 0.393 e. The number of hydrogen-bond acceptors (Lipinski definition) is 2. The molecule has 0 aromatic carbocycles. The molecule has 0 saturated heterocycles. The third-order valence-electron chi connectivity index (χ3n) is 7.96. The lowest BCUT2D eigenvalue weighted by Crippen LogP contribution is -2.47. The van der Waals surface area contributed by atoms with Gasteiger partial charge in [0.15, 0.2) is 5.78 Å². The predicted octanol–water partition coefficient (Wildman–Crippen LogP) is 4.13. The van der Waals surface area contributed by atoms with E-state index in [1.54, 1.807) is 0 Å². The molecule has 0 aliphatic heterocycles. The maximum absolute atomic E-state index is 11.7. The molecule has 0 unspecified atom stereocenters. The molecule has 0 aromatic rings. The Kier molecular flexibility index (Phi) is 3.52. The fourth-order valence-corrected chi connectivity index (χ4v) is 7.01. The molecule has 2 heteroatoms. The van der Waals surface area contributed by atoms with Crippen molar-refractivity contribution in [3.05, 3.63) is 11.6 Å². The zero-order chi connectivity index (χ0) is 15.5. The van der Waals surface area contributed by atoms with Gasteiger partial charge in [0.25, 0.3) is 0 Å². The molecule has 7 atom stereocenters. The monoisotopic (exact) mass is 302 g/mol. The first-order valence-corrected chi connectivity index (χ1v) is 9.42. The van der Waals surface area contributed by atoms with Gasteiger partial charge in [-0.3, -0.25) is 4.79 Å². The van der Waals surface area contributed by atoms with Crippen LogP contribution in [0.1, 0.15) is 65.2 Å². The first-order valence-electron chi connectivity index (χ1n) is 9.42. The van der Waals surface area contributed by atoms with Crippen LogP contribution in [0.5, 0.6) is 0 Å². The SMILES string of the molecule is C[C@@H](O)[C@H]1CC[C@@H]2[C@@H]3CCC4=CC(=O)CC[C@@H]4[C@H]3CC[C@@]21C. The van der Waals surface area contributed by atoms with Crippen LogP contribution >= 0.6 is 0 Å². The lowest BCUT2D eigenvalue weighted by atomic mass is 9.51. The van der Waals surface area contributed by atoms with Crippen molar-refractivity contribution >= 4 is 5.78 Å². The summed E-state index contributed by atoms with van der Waals surface area (Å²) >= 11 is 0. The number of carbonyl (C=O) groups excluding carboxylic acids is 1. The Morgan fingerprint density at radius 1 is 1.14 bits per heavy atom. The van der Waals surface area contributed by atoms with Crippen molar-refractivity contribution < 1.29 is 9.90 Å². The Morgan fingerprint density at radius 2 is 1.95 bits per heavy atom. The van der Waals surface area contributed by atoms with Crippen LogP contribution in [0.3, 0.4) is 0 Å². The quantitative estimate of drug-likeness (QED) is 0.791. The van der Waals surface area contributed by atoms with Gasteiger partial charge in [0.2, 0.25) is 0 Å². The number of carbonyl (C=O) groups is 1. The maximum Gasteiger partial charge on any atom is 0.155 e. The van der Waals surface area contributed by atoms with Crippen LogP contribution in [0, 0.1) is 35.0 Å². The molecule has 4 aliphatic rings. The third-order valence-corrected chi connectivity index (χ3v) is 7.96. The van der Waals surface area contributed by atoms with Crippen molar-refractivity contribution in [2.45, 2.75) is 71.3 Å². The molecule has 0 bridgehead atoms. The van der Waals surface area contributed by atoms with E-state index in [-0.39, 0.29) is 6.10 Å². The smallest absolute Gasteiger partial charge is 0.155 e.